The van der Waals surface area contributed by atoms with Crippen molar-refractivity contribution in [1.29, 1.82) is 5.26 Å². The van der Waals surface area contributed by atoms with Crippen LogP contribution >= 0.6 is 0 Å². The molecule has 0 spiro atoms. The molecular formula is C26H29N5O4. The summed E-state index contributed by atoms with van der Waals surface area (Å²) in [7, 11) is 1.49. The van der Waals surface area contributed by atoms with Gasteiger partial charge in [-0.3, -0.25) is 4.79 Å². The van der Waals surface area contributed by atoms with Crippen molar-refractivity contribution in [1.82, 2.24) is 15.2 Å². The zero-order valence-electron chi connectivity index (χ0n) is 19.8. The van der Waals surface area contributed by atoms with Crippen molar-refractivity contribution in [2.24, 2.45) is 5.92 Å². The number of nitriles is 1. The molecule has 0 bridgehead atoms. The molecule has 1 amide bonds. The number of nitrogens with zero attached hydrogens (tertiary/aromatic N) is 4. The number of allylic oxidation sites excluding steroid dienone is 3. The van der Waals surface area contributed by atoms with Gasteiger partial charge in [0.1, 0.15) is 35.5 Å². The summed E-state index contributed by atoms with van der Waals surface area (Å²) in [6.45, 7) is 3.03. The van der Waals surface area contributed by atoms with Crippen LogP contribution in [0.1, 0.15) is 31.2 Å². The van der Waals surface area contributed by atoms with E-state index < -0.39 is 0 Å². The van der Waals surface area contributed by atoms with Gasteiger partial charge in [-0.1, -0.05) is 6.08 Å². The van der Waals surface area contributed by atoms with Crippen molar-refractivity contribution in [3.8, 4) is 11.9 Å². The van der Waals surface area contributed by atoms with Gasteiger partial charge in [0.25, 0.3) is 0 Å². The number of aromatic nitrogens is 1. The lowest BCUT2D eigenvalue weighted by Gasteiger charge is -2.26. The summed E-state index contributed by atoms with van der Waals surface area (Å²) in [6.07, 6.45) is 14.4. The van der Waals surface area contributed by atoms with E-state index in [4.69, 9.17) is 14.2 Å². The third-order valence-electron chi connectivity index (χ3n) is 6.71. The van der Waals surface area contributed by atoms with Crippen LogP contribution in [0.4, 0.5) is 5.69 Å². The molecular weight excluding hydrogens is 446 g/mol. The summed E-state index contributed by atoms with van der Waals surface area (Å²) >= 11 is 0. The molecule has 2 fully saturated rings. The van der Waals surface area contributed by atoms with Gasteiger partial charge in [-0.2, -0.15) is 5.26 Å². The molecule has 0 saturated carbocycles. The standard InChI is InChI=1S/C26H29N5O4/c1-33-25-19(13-27)12-20(15-29-25)30-10-11-34-24(17-30)22-4-2-3-5-23(22)35-21-7-9-31(16-21)26(32)18-6-8-28-14-18/h3,5,10-12,15,17-18,21,28H,2,4,6-9,14,16H2,1H3/t18-,21-/m0/s1. The first-order chi connectivity index (χ1) is 17.2. The molecule has 2 saturated heterocycles. The quantitative estimate of drug-likeness (QED) is 0.671. The van der Waals surface area contributed by atoms with Crippen molar-refractivity contribution in [3.05, 3.63) is 65.7 Å². The molecule has 4 heterocycles. The minimum absolute atomic E-state index is 0.0409. The molecule has 2 atom stereocenters. The number of hydrogen-bond acceptors (Lipinski definition) is 8. The smallest absolute Gasteiger partial charge is 0.231 e. The van der Waals surface area contributed by atoms with Gasteiger partial charge >= 0.3 is 0 Å². The number of likely N-dealkylation sites (tertiary alicyclic amines) is 1. The molecule has 0 radical (unpaired) electrons. The number of hydrogen-bond donors (Lipinski definition) is 1. The zero-order chi connectivity index (χ0) is 24.2. The first kappa shape index (κ1) is 23.0. The molecule has 9 nitrogen and oxygen atoms in total. The monoisotopic (exact) mass is 475 g/mol. The molecule has 9 heteroatoms. The Bertz CT molecular complexity index is 1140. The Morgan fingerprint density at radius 1 is 1.37 bits per heavy atom. The Morgan fingerprint density at radius 2 is 2.29 bits per heavy atom. The highest BCUT2D eigenvalue weighted by atomic mass is 16.5. The molecule has 0 unspecified atom stereocenters. The predicted molar refractivity (Wildman–Crippen MR) is 129 cm³/mol. The van der Waals surface area contributed by atoms with Gasteiger partial charge in [-0.15, -0.1) is 0 Å². The van der Waals surface area contributed by atoms with E-state index in [1.807, 2.05) is 22.1 Å². The van der Waals surface area contributed by atoms with E-state index >= 15 is 0 Å². The molecule has 1 aromatic heterocycles. The van der Waals surface area contributed by atoms with Crippen LogP contribution < -0.4 is 15.0 Å². The van der Waals surface area contributed by atoms with Crippen LogP contribution in [0.25, 0.3) is 0 Å². The fourth-order valence-corrected chi connectivity index (χ4v) is 4.83. The second-order valence-corrected chi connectivity index (χ2v) is 8.95. The Hall–Kier alpha value is -3.77. The summed E-state index contributed by atoms with van der Waals surface area (Å²) < 4.78 is 17.4. The summed E-state index contributed by atoms with van der Waals surface area (Å²) in [5, 5.41) is 12.7. The summed E-state index contributed by atoms with van der Waals surface area (Å²) in [5.74, 6) is 2.08. The largest absolute Gasteiger partial charge is 0.488 e. The van der Waals surface area contributed by atoms with E-state index in [1.54, 1.807) is 24.7 Å². The Morgan fingerprint density at radius 3 is 3.09 bits per heavy atom. The number of methoxy groups -OCH3 is 1. The van der Waals surface area contributed by atoms with Gasteiger partial charge in [0.2, 0.25) is 11.8 Å². The molecule has 3 aliphatic heterocycles. The van der Waals surface area contributed by atoms with Crippen LogP contribution in [0.5, 0.6) is 5.88 Å². The van der Waals surface area contributed by atoms with Crippen LogP contribution in [0, 0.1) is 17.2 Å². The number of nitrogens with one attached hydrogen (secondary N) is 1. The summed E-state index contributed by atoms with van der Waals surface area (Å²) in [6, 6.07) is 3.85. The second kappa shape index (κ2) is 10.2. The molecule has 1 N–H and O–H groups in total. The molecule has 1 aromatic rings. The van der Waals surface area contributed by atoms with Crippen molar-refractivity contribution in [2.45, 2.75) is 31.8 Å². The van der Waals surface area contributed by atoms with E-state index in [-0.39, 0.29) is 17.9 Å². The summed E-state index contributed by atoms with van der Waals surface area (Å²) in [5.41, 5.74) is 2.06. The number of rotatable bonds is 6. The van der Waals surface area contributed by atoms with Gasteiger partial charge < -0.3 is 29.3 Å². The van der Waals surface area contributed by atoms with Crippen LogP contribution in [0.2, 0.25) is 0 Å². The van der Waals surface area contributed by atoms with E-state index in [2.05, 4.69) is 22.4 Å². The lowest BCUT2D eigenvalue weighted by atomic mass is 10.0. The minimum atomic E-state index is -0.0409. The molecule has 182 valence electrons. The highest BCUT2D eigenvalue weighted by Gasteiger charge is 2.34. The Labute approximate surface area is 204 Å². The molecule has 4 aliphatic rings. The summed E-state index contributed by atoms with van der Waals surface area (Å²) in [4.78, 5) is 20.8. The third kappa shape index (κ3) is 4.88. The SMILES string of the molecule is COc1ncc(N2C=COC(C3=C(O[C@H]4CCN(C(=O)[C@H]5CCNC5)C4)C=CCC3)=C2)cc1C#N. The number of ether oxygens (including phenoxy) is 3. The second-order valence-electron chi connectivity index (χ2n) is 8.95. The fraction of sp³-hybridized carbons (Fsp3) is 0.423. The van der Waals surface area contributed by atoms with Gasteiger partial charge in [-0.25, -0.2) is 4.98 Å². The fourth-order valence-electron chi connectivity index (χ4n) is 4.83. The molecule has 1 aliphatic carbocycles. The van der Waals surface area contributed by atoms with E-state index in [1.165, 1.54) is 7.11 Å². The van der Waals surface area contributed by atoms with Crippen LogP contribution in [-0.2, 0) is 14.3 Å². The molecule has 5 rings (SSSR count). The highest BCUT2D eigenvalue weighted by Crippen LogP contribution is 2.33. The lowest BCUT2D eigenvalue weighted by Crippen LogP contribution is -2.36. The Balaban J connectivity index is 1.32. The average molecular weight is 476 g/mol. The van der Waals surface area contributed by atoms with E-state index in [0.29, 0.717) is 23.7 Å². The van der Waals surface area contributed by atoms with Crippen LogP contribution in [0.3, 0.4) is 0 Å². The maximum atomic E-state index is 12.8. The first-order valence-corrected chi connectivity index (χ1v) is 12.0. The maximum absolute atomic E-state index is 12.8. The number of amides is 1. The van der Waals surface area contributed by atoms with Gasteiger partial charge in [0.15, 0.2) is 0 Å². The first-order valence-electron chi connectivity index (χ1n) is 12.0. The molecule has 0 aromatic carbocycles. The maximum Gasteiger partial charge on any atom is 0.231 e. The predicted octanol–water partition coefficient (Wildman–Crippen LogP) is 2.94. The minimum Gasteiger partial charge on any atom is -0.488 e. The number of pyridine rings is 1. The number of anilines is 1. The Kier molecular flexibility index (Phi) is 6.73. The zero-order valence-corrected chi connectivity index (χ0v) is 19.8. The van der Waals surface area contributed by atoms with Crippen LogP contribution in [-0.4, -0.2) is 55.2 Å². The normalized spacial score (nSPS) is 23.7. The average Bonchev–Trinajstić information content (AvgIpc) is 3.61. The topological polar surface area (TPSA) is 100.0 Å². The molecule has 35 heavy (non-hydrogen) atoms. The number of carbonyl (C=O) groups excluding carboxylic acids is 1. The van der Waals surface area contributed by atoms with Gasteiger partial charge in [0, 0.05) is 31.3 Å². The van der Waals surface area contributed by atoms with Crippen molar-refractivity contribution < 1.29 is 19.0 Å². The van der Waals surface area contributed by atoms with Gasteiger partial charge in [-0.05, 0) is 37.9 Å². The van der Waals surface area contributed by atoms with Crippen molar-refractivity contribution in [3.63, 3.8) is 0 Å². The highest BCUT2D eigenvalue weighted by molar-refractivity contribution is 5.79. The third-order valence-corrected chi connectivity index (χ3v) is 6.71. The van der Waals surface area contributed by atoms with Crippen molar-refractivity contribution in [2.75, 3.05) is 38.2 Å². The van der Waals surface area contributed by atoms with Crippen LogP contribution in [0.15, 0.2) is 60.2 Å². The van der Waals surface area contributed by atoms with Gasteiger partial charge in [0.05, 0.1) is 37.7 Å². The van der Waals surface area contributed by atoms with E-state index in [9.17, 15) is 10.1 Å². The van der Waals surface area contributed by atoms with Crippen molar-refractivity contribution >= 4 is 11.6 Å². The lowest BCUT2D eigenvalue weighted by molar-refractivity contribution is -0.134. The van der Waals surface area contributed by atoms with E-state index in [0.717, 1.165) is 62.3 Å². The number of carbonyl (C=O) groups is 1.